The molecule has 3 heterocycles. The average Bonchev–Trinajstić information content (AvgIpc) is 3.21. The minimum atomic E-state index is -0.280. The molecule has 0 saturated heterocycles. The van der Waals surface area contributed by atoms with Crippen molar-refractivity contribution in [3.63, 3.8) is 0 Å². The summed E-state index contributed by atoms with van der Waals surface area (Å²) in [5, 5.41) is 29.0. The molecule has 0 spiro atoms. The SMILES string of the molecule is CCc1nn(C)c(C(O)=C(C#N)n2ccc(-c3ccccn3)n2)c1Cl. The van der Waals surface area contributed by atoms with Crippen LogP contribution in [-0.4, -0.2) is 29.7 Å². The Morgan fingerprint density at radius 3 is 2.68 bits per heavy atom. The van der Waals surface area contributed by atoms with Crippen molar-refractivity contribution in [2.45, 2.75) is 13.3 Å². The van der Waals surface area contributed by atoms with E-state index in [1.807, 2.05) is 31.2 Å². The van der Waals surface area contributed by atoms with Crippen LogP contribution >= 0.6 is 11.6 Å². The van der Waals surface area contributed by atoms with Crippen LogP contribution < -0.4 is 0 Å². The van der Waals surface area contributed by atoms with Gasteiger partial charge in [0.05, 0.1) is 16.4 Å². The zero-order valence-electron chi connectivity index (χ0n) is 13.7. The number of nitrogens with zero attached hydrogens (tertiary/aromatic N) is 6. The molecular weight excluding hydrogens is 340 g/mol. The van der Waals surface area contributed by atoms with Gasteiger partial charge in [0, 0.05) is 19.4 Å². The van der Waals surface area contributed by atoms with Gasteiger partial charge in [-0.15, -0.1) is 0 Å². The fourth-order valence-electron chi connectivity index (χ4n) is 2.46. The molecule has 25 heavy (non-hydrogen) atoms. The van der Waals surface area contributed by atoms with Crippen LogP contribution in [0.15, 0.2) is 36.7 Å². The lowest BCUT2D eigenvalue weighted by Crippen LogP contribution is -2.04. The molecular formula is C17H15ClN6O. The van der Waals surface area contributed by atoms with E-state index in [-0.39, 0.29) is 17.2 Å². The maximum atomic E-state index is 10.6. The fourth-order valence-corrected chi connectivity index (χ4v) is 2.84. The number of aryl methyl sites for hydroxylation is 2. The topological polar surface area (TPSA) is 92.5 Å². The van der Waals surface area contributed by atoms with Crippen LogP contribution in [0.25, 0.3) is 22.8 Å². The number of aliphatic hydroxyl groups excluding tert-OH is 1. The van der Waals surface area contributed by atoms with Gasteiger partial charge in [-0.05, 0) is 24.6 Å². The number of aliphatic hydroxyl groups is 1. The van der Waals surface area contributed by atoms with Gasteiger partial charge in [0.25, 0.3) is 0 Å². The molecule has 0 atom stereocenters. The normalized spacial score (nSPS) is 11.9. The second-order valence-corrected chi connectivity index (χ2v) is 5.63. The molecule has 3 rings (SSSR count). The van der Waals surface area contributed by atoms with Gasteiger partial charge in [0.15, 0.2) is 11.5 Å². The number of allylic oxidation sites excluding steroid dienone is 1. The number of rotatable bonds is 4. The second kappa shape index (κ2) is 6.79. The first-order chi connectivity index (χ1) is 12.1. The molecule has 3 aromatic heterocycles. The summed E-state index contributed by atoms with van der Waals surface area (Å²) in [6, 6.07) is 9.16. The molecule has 7 nitrogen and oxygen atoms in total. The minimum absolute atomic E-state index is 0.0465. The molecule has 1 N–H and O–H groups in total. The van der Waals surface area contributed by atoms with E-state index in [4.69, 9.17) is 11.6 Å². The van der Waals surface area contributed by atoms with E-state index < -0.39 is 0 Å². The molecule has 0 aliphatic carbocycles. The first-order valence-electron chi connectivity index (χ1n) is 7.59. The van der Waals surface area contributed by atoms with Crippen molar-refractivity contribution >= 4 is 23.1 Å². The third kappa shape index (κ3) is 2.99. The largest absolute Gasteiger partial charge is 0.503 e. The molecule has 0 aliphatic heterocycles. The number of pyridine rings is 1. The van der Waals surface area contributed by atoms with E-state index in [0.717, 1.165) is 0 Å². The van der Waals surface area contributed by atoms with Crippen LogP contribution in [0.4, 0.5) is 0 Å². The predicted octanol–water partition coefficient (Wildman–Crippen LogP) is 3.30. The van der Waals surface area contributed by atoms with Crippen molar-refractivity contribution in [3.05, 3.63) is 53.1 Å². The molecule has 0 amide bonds. The molecule has 3 aromatic rings. The minimum Gasteiger partial charge on any atom is -0.503 e. The van der Waals surface area contributed by atoms with Crippen LogP contribution in [0.1, 0.15) is 18.3 Å². The Balaban J connectivity index is 2.09. The number of halogens is 1. The maximum absolute atomic E-state index is 10.6. The molecule has 0 radical (unpaired) electrons. The highest BCUT2D eigenvalue weighted by Gasteiger charge is 2.21. The second-order valence-electron chi connectivity index (χ2n) is 5.26. The Hall–Kier alpha value is -3.11. The highest BCUT2D eigenvalue weighted by molar-refractivity contribution is 6.33. The Morgan fingerprint density at radius 2 is 2.08 bits per heavy atom. The van der Waals surface area contributed by atoms with Gasteiger partial charge < -0.3 is 5.11 Å². The first kappa shape index (κ1) is 16.7. The third-order valence-corrected chi connectivity index (χ3v) is 4.09. The van der Waals surface area contributed by atoms with Gasteiger partial charge in [-0.2, -0.15) is 15.5 Å². The van der Waals surface area contributed by atoms with Crippen molar-refractivity contribution < 1.29 is 5.11 Å². The number of aromatic nitrogens is 5. The van der Waals surface area contributed by atoms with Gasteiger partial charge in [-0.25, -0.2) is 4.68 Å². The van der Waals surface area contributed by atoms with E-state index >= 15 is 0 Å². The zero-order valence-corrected chi connectivity index (χ0v) is 14.4. The number of hydrogen-bond donors (Lipinski definition) is 1. The molecule has 0 unspecified atom stereocenters. The quantitative estimate of drug-likeness (QED) is 0.573. The average molecular weight is 355 g/mol. The van der Waals surface area contributed by atoms with E-state index in [2.05, 4.69) is 15.2 Å². The summed E-state index contributed by atoms with van der Waals surface area (Å²) in [4.78, 5) is 4.22. The zero-order chi connectivity index (χ0) is 18.0. The van der Waals surface area contributed by atoms with Crippen molar-refractivity contribution in [3.8, 4) is 17.5 Å². The molecule has 0 saturated carbocycles. The van der Waals surface area contributed by atoms with Gasteiger partial charge >= 0.3 is 0 Å². The van der Waals surface area contributed by atoms with Gasteiger partial charge in [-0.1, -0.05) is 24.6 Å². The Morgan fingerprint density at radius 1 is 1.28 bits per heavy atom. The Bertz CT molecular complexity index is 980. The Kier molecular flexibility index (Phi) is 4.55. The molecule has 8 heteroatoms. The lowest BCUT2D eigenvalue weighted by Gasteiger charge is -2.05. The van der Waals surface area contributed by atoms with Gasteiger partial charge in [-0.3, -0.25) is 9.67 Å². The summed E-state index contributed by atoms with van der Waals surface area (Å²) in [7, 11) is 1.66. The van der Waals surface area contributed by atoms with E-state index in [1.165, 1.54) is 9.36 Å². The summed E-state index contributed by atoms with van der Waals surface area (Å²) in [5.74, 6) is -0.280. The maximum Gasteiger partial charge on any atom is 0.186 e. The lowest BCUT2D eigenvalue weighted by atomic mass is 10.2. The predicted molar refractivity (Wildman–Crippen MR) is 94.4 cm³/mol. The van der Waals surface area contributed by atoms with Crippen LogP contribution in [0.3, 0.4) is 0 Å². The number of hydrogen-bond acceptors (Lipinski definition) is 5. The van der Waals surface area contributed by atoms with Gasteiger partial charge in [0.2, 0.25) is 0 Å². The Labute approximate surface area is 149 Å². The summed E-state index contributed by atoms with van der Waals surface area (Å²) >= 11 is 6.29. The monoisotopic (exact) mass is 354 g/mol. The standard InChI is InChI=1S/C17H15ClN6O/c1-3-11-15(18)16(23(2)21-11)17(25)14(10-19)24-9-7-13(22-24)12-6-4-5-8-20-12/h4-9,25H,3H2,1-2H3. The summed E-state index contributed by atoms with van der Waals surface area (Å²) in [5.41, 5.74) is 2.15. The van der Waals surface area contributed by atoms with E-state index in [0.29, 0.717) is 28.5 Å². The van der Waals surface area contributed by atoms with E-state index in [9.17, 15) is 10.4 Å². The summed E-state index contributed by atoms with van der Waals surface area (Å²) < 4.78 is 2.76. The molecule has 0 bridgehead atoms. The van der Waals surface area contributed by atoms with Crippen molar-refractivity contribution in [2.24, 2.45) is 7.05 Å². The first-order valence-corrected chi connectivity index (χ1v) is 7.97. The summed E-state index contributed by atoms with van der Waals surface area (Å²) in [6.45, 7) is 1.91. The van der Waals surface area contributed by atoms with Crippen LogP contribution in [0.5, 0.6) is 0 Å². The van der Waals surface area contributed by atoms with E-state index in [1.54, 1.807) is 25.5 Å². The van der Waals surface area contributed by atoms with Crippen LogP contribution in [-0.2, 0) is 13.5 Å². The summed E-state index contributed by atoms with van der Waals surface area (Å²) in [6.07, 6.45) is 3.87. The van der Waals surface area contributed by atoms with Crippen molar-refractivity contribution in [1.82, 2.24) is 24.5 Å². The van der Waals surface area contributed by atoms with Gasteiger partial charge in [0.1, 0.15) is 17.5 Å². The van der Waals surface area contributed by atoms with Crippen LogP contribution in [0, 0.1) is 11.3 Å². The van der Waals surface area contributed by atoms with Crippen molar-refractivity contribution in [2.75, 3.05) is 0 Å². The molecule has 126 valence electrons. The van der Waals surface area contributed by atoms with Crippen molar-refractivity contribution in [1.29, 1.82) is 5.26 Å². The highest BCUT2D eigenvalue weighted by atomic mass is 35.5. The lowest BCUT2D eigenvalue weighted by molar-refractivity contribution is 0.500. The molecule has 0 aromatic carbocycles. The number of nitriles is 1. The highest BCUT2D eigenvalue weighted by Crippen LogP contribution is 2.29. The van der Waals surface area contributed by atoms with Crippen LogP contribution in [0.2, 0.25) is 5.02 Å². The fraction of sp³-hybridized carbons (Fsp3) is 0.176. The molecule has 0 aliphatic rings. The smallest absolute Gasteiger partial charge is 0.186 e. The molecule has 0 fully saturated rings. The third-order valence-electron chi connectivity index (χ3n) is 3.69.